The molecule has 4 heteroatoms. The van der Waals surface area contributed by atoms with Crippen LogP contribution in [0.2, 0.25) is 0 Å². The molecule has 3 nitrogen and oxygen atoms in total. The molecule has 0 aliphatic heterocycles. The van der Waals surface area contributed by atoms with Crippen molar-refractivity contribution in [3.8, 4) is 5.75 Å². The molecule has 0 atom stereocenters. The van der Waals surface area contributed by atoms with Crippen molar-refractivity contribution in [2.75, 3.05) is 24.2 Å². The number of nitrogens with one attached hydrogen (secondary N) is 1. The van der Waals surface area contributed by atoms with Crippen LogP contribution in [0.25, 0.3) is 0 Å². The van der Waals surface area contributed by atoms with Crippen molar-refractivity contribution < 1.29 is 9.13 Å². The van der Waals surface area contributed by atoms with Crippen LogP contribution < -0.4 is 15.8 Å². The van der Waals surface area contributed by atoms with E-state index in [2.05, 4.69) is 11.9 Å². The average molecular weight is 210 g/mol. The van der Waals surface area contributed by atoms with E-state index in [0.29, 0.717) is 24.5 Å². The van der Waals surface area contributed by atoms with Crippen molar-refractivity contribution in [2.45, 2.75) is 6.92 Å². The van der Waals surface area contributed by atoms with Gasteiger partial charge in [-0.05, 0) is 6.92 Å². The van der Waals surface area contributed by atoms with E-state index < -0.39 is 5.82 Å². The molecular formula is C11H15FN2O. The molecule has 0 amide bonds. The number of nitrogens with two attached hydrogens (primary N) is 1. The van der Waals surface area contributed by atoms with Crippen molar-refractivity contribution in [1.82, 2.24) is 0 Å². The van der Waals surface area contributed by atoms with Gasteiger partial charge in [0.2, 0.25) is 0 Å². The second-order valence-electron chi connectivity index (χ2n) is 2.97. The number of rotatable bonds is 5. The number of nitrogen functional groups attached to an aromatic ring is 1. The van der Waals surface area contributed by atoms with Gasteiger partial charge in [-0.1, -0.05) is 6.08 Å². The highest BCUT2D eigenvalue weighted by molar-refractivity contribution is 5.68. The van der Waals surface area contributed by atoms with Gasteiger partial charge >= 0.3 is 0 Å². The van der Waals surface area contributed by atoms with Crippen LogP contribution in [0.5, 0.6) is 5.75 Å². The summed E-state index contributed by atoms with van der Waals surface area (Å²) in [6, 6.07) is 2.80. The molecule has 0 saturated heterocycles. The summed E-state index contributed by atoms with van der Waals surface area (Å²) in [5.41, 5.74) is 6.65. The fourth-order valence-electron chi connectivity index (χ4n) is 1.17. The minimum absolute atomic E-state index is 0.207. The minimum Gasteiger partial charge on any atom is -0.491 e. The molecule has 1 rings (SSSR count). The van der Waals surface area contributed by atoms with E-state index in [1.54, 1.807) is 19.1 Å². The van der Waals surface area contributed by atoms with Crippen molar-refractivity contribution in [3.05, 3.63) is 30.6 Å². The lowest BCUT2D eigenvalue weighted by Gasteiger charge is -2.11. The van der Waals surface area contributed by atoms with Crippen molar-refractivity contribution in [1.29, 1.82) is 0 Å². The van der Waals surface area contributed by atoms with Gasteiger partial charge in [-0.3, -0.25) is 0 Å². The molecule has 1 aromatic rings. The molecule has 1 aromatic carbocycles. The highest BCUT2D eigenvalue weighted by atomic mass is 19.1. The van der Waals surface area contributed by atoms with Crippen LogP contribution in [0.3, 0.4) is 0 Å². The van der Waals surface area contributed by atoms with Crippen LogP contribution in [0.4, 0.5) is 15.8 Å². The Balaban J connectivity index is 2.94. The van der Waals surface area contributed by atoms with Crippen LogP contribution in [-0.4, -0.2) is 13.2 Å². The van der Waals surface area contributed by atoms with Crippen LogP contribution in [0.15, 0.2) is 24.8 Å². The first-order chi connectivity index (χ1) is 7.19. The van der Waals surface area contributed by atoms with Gasteiger partial charge in [0.25, 0.3) is 0 Å². The Morgan fingerprint density at radius 2 is 2.33 bits per heavy atom. The fraction of sp³-hybridized carbons (Fsp3) is 0.273. The maximum Gasteiger partial charge on any atom is 0.167 e. The number of halogens is 1. The van der Waals surface area contributed by atoms with Gasteiger partial charge in [0, 0.05) is 18.7 Å². The van der Waals surface area contributed by atoms with Gasteiger partial charge in [-0.25, -0.2) is 4.39 Å². The first-order valence-corrected chi connectivity index (χ1v) is 4.75. The van der Waals surface area contributed by atoms with E-state index in [4.69, 9.17) is 10.5 Å². The van der Waals surface area contributed by atoms with Gasteiger partial charge in [0.05, 0.1) is 18.0 Å². The third-order valence-corrected chi connectivity index (χ3v) is 1.84. The Morgan fingerprint density at radius 1 is 1.60 bits per heavy atom. The number of hydrogen-bond donors (Lipinski definition) is 2. The van der Waals surface area contributed by atoms with Gasteiger partial charge in [-0.2, -0.15) is 0 Å². The van der Waals surface area contributed by atoms with Gasteiger partial charge in [0.1, 0.15) is 0 Å². The lowest BCUT2D eigenvalue weighted by molar-refractivity contribution is 0.322. The van der Waals surface area contributed by atoms with Gasteiger partial charge in [-0.15, -0.1) is 6.58 Å². The SMILES string of the molecule is C=CCNc1cc(OCC)c(F)cc1N. The number of anilines is 2. The molecule has 0 fully saturated rings. The second-order valence-corrected chi connectivity index (χ2v) is 2.97. The molecule has 0 unspecified atom stereocenters. The zero-order chi connectivity index (χ0) is 11.3. The summed E-state index contributed by atoms with van der Waals surface area (Å²) >= 11 is 0. The topological polar surface area (TPSA) is 47.3 Å². The summed E-state index contributed by atoms with van der Waals surface area (Å²) in [6.45, 7) is 6.36. The predicted molar refractivity (Wildman–Crippen MR) is 60.7 cm³/mol. The zero-order valence-electron chi connectivity index (χ0n) is 8.72. The Labute approximate surface area is 88.7 Å². The fourth-order valence-corrected chi connectivity index (χ4v) is 1.17. The molecule has 0 radical (unpaired) electrons. The summed E-state index contributed by atoms with van der Waals surface area (Å²) in [7, 11) is 0. The van der Waals surface area contributed by atoms with Crippen molar-refractivity contribution in [3.63, 3.8) is 0 Å². The van der Waals surface area contributed by atoms with Gasteiger partial charge < -0.3 is 15.8 Å². The quantitative estimate of drug-likeness (QED) is 0.579. The van der Waals surface area contributed by atoms with E-state index in [9.17, 15) is 4.39 Å². The number of hydrogen-bond acceptors (Lipinski definition) is 3. The molecule has 0 aromatic heterocycles. The van der Waals surface area contributed by atoms with E-state index in [-0.39, 0.29) is 5.75 Å². The van der Waals surface area contributed by atoms with E-state index >= 15 is 0 Å². The summed E-state index contributed by atoms with van der Waals surface area (Å²) in [5.74, 6) is -0.239. The molecule has 0 aliphatic rings. The largest absolute Gasteiger partial charge is 0.491 e. The molecular weight excluding hydrogens is 195 g/mol. The summed E-state index contributed by atoms with van der Waals surface area (Å²) < 4.78 is 18.4. The summed E-state index contributed by atoms with van der Waals surface area (Å²) in [5, 5.41) is 3.00. The maximum absolute atomic E-state index is 13.3. The van der Waals surface area contributed by atoms with Crippen LogP contribution in [0, 0.1) is 5.82 Å². The van der Waals surface area contributed by atoms with E-state index in [1.165, 1.54) is 6.07 Å². The first-order valence-electron chi connectivity index (χ1n) is 4.75. The predicted octanol–water partition coefficient (Wildman–Crippen LogP) is 2.40. The normalized spacial score (nSPS) is 9.73. The lowest BCUT2D eigenvalue weighted by atomic mass is 10.2. The third kappa shape index (κ3) is 2.87. The molecule has 0 bridgehead atoms. The highest BCUT2D eigenvalue weighted by Gasteiger charge is 2.07. The molecule has 0 aliphatic carbocycles. The average Bonchev–Trinajstić information content (AvgIpc) is 2.20. The van der Waals surface area contributed by atoms with E-state index in [0.717, 1.165) is 0 Å². The van der Waals surface area contributed by atoms with Crippen LogP contribution in [0.1, 0.15) is 6.92 Å². The molecule has 15 heavy (non-hydrogen) atoms. The standard InChI is InChI=1S/C11H15FN2O/c1-3-5-14-10-7-11(15-4-2)8(12)6-9(10)13/h3,6-7,14H,1,4-5,13H2,2H3. The molecule has 3 N–H and O–H groups in total. The minimum atomic E-state index is -0.446. The number of benzene rings is 1. The molecule has 0 heterocycles. The molecule has 0 saturated carbocycles. The summed E-state index contributed by atoms with van der Waals surface area (Å²) in [6.07, 6.45) is 1.70. The monoisotopic (exact) mass is 210 g/mol. The third-order valence-electron chi connectivity index (χ3n) is 1.84. The van der Waals surface area contributed by atoms with Crippen molar-refractivity contribution in [2.24, 2.45) is 0 Å². The van der Waals surface area contributed by atoms with E-state index in [1.807, 2.05) is 0 Å². The second kappa shape index (κ2) is 5.24. The zero-order valence-corrected chi connectivity index (χ0v) is 8.72. The lowest BCUT2D eigenvalue weighted by Crippen LogP contribution is -2.04. The Morgan fingerprint density at radius 3 is 2.93 bits per heavy atom. The van der Waals surface area contributed by atoms with Crippen molar-refractivity contribution >= 4 is 11.4 Å². The van der Waals surface area contributed by atoms with Gasteiger partial charge in [0.15, 0.2) is 11.6 Å². The Bertz CT molecular complexity index is 353. The van der Waals surface area contributed by atoms with Crippen LogP contribution in [-0.2, 0) is 0 Å². The smallest absolute Gasteiger partial charge is 0.167 e. The Hall–Kier alpha value is -1.71. The number of ether oxygens (including phenoxy) is 1. The molecule has 0 spiro atoms. The first kappa shape index (κ1) is 11.4. The molecule has 82 valence electrons. The summed E-state index contributed by atoms with van der Waals surface area (Å²) in [4.78, 5) is 0. The van der Waals surface area contributed by atoms with Crippen LogP contribution >= 0.6 is 0 Å². The highest BCUT2D eigenvalue weighted by Crippen LogP contribution is 2.27. The Kier molecular flexibility index (Phi) is 3.97. The maximum atomic E-state index is 13.3.